The Morgan fingerprint density at radius 3 is 2.85 bits per heavy atom. The van der Waals surface area contributed by atoms with Crippen LogP contribution in [-0.4, -0.2) is 15.3 Å². The first-order valence-corrected chi connectivity index (χ1v) is 6.41. The summed E-state index contributed by atoms with van der Waals surface area (Å²) in [4.78, 5) is 4.37. The van der Waals surface area contributed by atoms with Crippen molar-refractivity contribution in [1.82, 2.24) is 9.55 Å². The lowest BCUT2D eigenvalue weighted by Crippen LogP contribution is -2.05. The van der Waals surface area contributed by atoms with Gasteiger partial charge in [0, 0.05) is 6.04 Å². The van der Waals surface area contributed by atoms with Crippen LogP contribution in [0.5, 0.6) is 0 Å². The van der Waals surface area contributed by atoms with Crippen molar-refractivity contribution < 1.29 is 0 Å². The highest BCUT2D eigenvalue weighted by atomic mass is 79.9. The fourth-order valence-electron chi connectivity index (χ4n) is 1.22. The zero-order valence-electron chi connectivity index (χ0n) is 8.25. The number of thioether (sulfide) groups is 1. The molecular formula is C9H15BrN2S. The van der Waals surface area contributed by atoms with E-state index in [1.165, 1.54) is 0 Å². The standard InChI is InChI=1S/C9H15BrN2S/c1-4-13-6-9-11-5-8(10)12(9)7(2)3/h5,7H,4,6H2,1-3H3. The van der Waals surface area contributed by atoms with Crippen LogP contribution < -0.4 is 0 Å². The average molecular weight is 263 g/mol. The van der Waals surface area contributed by atoms with E-state index in [-0.39, 0.29) is 0 Å². The monoisotopic (exact) mass is 262 g/mol. The lowest BCUT2D eigenvalue weighted by atomic mass is 10.4. The molecule has 74 valence electrons. The van der Waals surface area contributed by atoms with Crippen LogP contribution in [0.2, 0.25) is 0 Å². The van der Waals surface area contributed by atoms with Crippen molar-refractivity contribution in [2.75, 3.05) is 5.75 Å². The minimum Gasteiger partial charge on any atom is -0.320 e. The number of hydrogen-bond acceptors (Lipinski definition) is 2. The number of hydrogen-bond donors (Lipinski definition) is 0. The Hall–Kier alpha value is 0.0400. The van der Waals surface area contributed by atoms with Gasteiger partial charge >= 0.3 is 0 Å². The minimum absolute atomic E-state index is 0.476. The molecule has 0 N–H and O–H groups in total. The van der Waals surface area contributed by atoms with Crippen LogP contribution in [0.15, 0.2) is 10.8 Å². The predicted molar refractivity (Wildman–Crippen MR) is 62.1 cm³/mol. The topological polar surface area (TPSA) is 17.8 Å². The van der Waals surface area contributed by atoms with E-state index in [0.29, 0.717) is 6.04 Å². The normalized spacial score (nSPS) is 11.2. The zero-order chi connectivity index (χ0) is 9.84. The van der Waals surface area contributed by atoms with Crippen LogP contribution in [0.3, 0.4) is 0 Å². The van der Waals surface area contributed by atoms with E-state index in [4.69, 9.17) is 0 Å². The first-order chi connectivity index (χ1) is 6.16. The summed E-state index contributed by atoms with van der Waals surface area (Å²) in [5.74, 6) is 3.30. The first kappa shape index (κ1) is 11.1. The Kier molecular flexibility index (Phi) is 4.32. The highest BCUT2D eigenvalue weighted by molar-refractivity contribution is 9.10. The van der Waals surface area contributed by atoms with E-state index >= 15 is 0 Å². The molecule has 0 amide bonds. The highest BCUT2D eigenvalue weighted by Gasteiger charge is 2.09. The van der Waals surface area contributed by atoms with Gasteiger partial charge in [-0.1, -0.05) is 6.92 Å². The molecule has 4 heteroatoms. The summed E-state index contributed by atoms with van der Waals surface area (Å²) in [6.07, 6.45) is 1.88. The SMILES string of the molecule is CCSCc1ncc(Br)n1C(C)C. The molecule has 0 saturated heterocycles. The smallest absolute Gasteiger partial charge is 0.119 e. The Morgan fingerprint density at radius 2 is 2.31 bits per heavy atom. The molecular weight excluding hydrogens is 248 g/mol. The van der Waals surface area contributed by atoms with Crippen molar-refractivity contribution in [2.45, 2.75) is 32.6 Å². The van der Waals surface area contributed by atoms with E-state index in [9.17, 15) is 0 Å². The van der Waals surface area contributed by atoms with Gasteiger partial charge in [0.1, 0.15) is 10.4 Å². The first-order valence-electron chi connectivity index (χ1n) is 4.46. The molecule has 0 fully saturated rings. The maximum atomic E-state index is 4.37. The molecule has 0 atom stereocenters. The minimum atomic E-state index is 0.476. The summed E-state index contributed by atoms with van der Waals surface area (Å²) in [5, 5.41) is 0. The molecule has 0 radical (unpaired) electrons. The third-order valence-electron chi connectivity index (χ3n) is 1.78. The van der Waals surface area contributed by atoms with Crippen LogP contribution in [0.25, 0.3) is 0 Å². The molecule has 13 heavy (non-hydrogen) atoms. The lowest BCUT2D eigenvalue weighted by Gasteiger charge is -2.12. The largest absolute Gasteiger partial charge is 0.320 e. The Labute approximate surface area is 92.3 Å². The molecule has 0 aliphatic carbocycles. The van der Waals surface area contributed by atoms with Crippen molar-refractivity contribution in [2.24, 2.45) is 0 Å². The van der Waals surface area contributed by atoms with Gasteiger partial charge in [-0.3, -0.25) is 0 Å². The van der Waals surface area contributed by atoms with Gasteiger partial charge in [0.05, 0.1) is 11.9 Å². The fourth-order valence-corrected chi connectivity index (χ4v) is 2.54. The summed E-state index contributed by atoms with van der Waals surface area (Å²) < 4.78 is 3.30. The van der Waals surface area contributed by atoms with Crippen molar-refractivity contribution in [3.8, 4) is 0 Å². The summed E-state index contributed by atoms with van der Waals surface area (Å²) in [7, 11) is 0. The summed E-state index contributed by atoms with van der Waals surface area (Å²) in [6, 6.07) is 0.476. The number of halogens is 1. The van der Waals surface area contributed by atoms with E-state index in [0.717, 1.165) is 21.9 Å². The maximum Gasteiger partial charge on any atom is 0.119 e. The number of nitrogens with zero attached hydrogens (tertiary/aromatic N) is 2. The molecule has 1 rings (SSSR count). The van der Waals surface area contributed by atoms with Crippen LogP contribution in [-0.2, 0) is 5.75 Å². The number of rotatable bonds is 4. The van der Waals surface area contributed by atoms with E-state index in [2.05, 4.69) is 46.3 Å². The zero-order valence-corrected chi connectivity index (χ0v) is 10.7. The molecule has 0 spiro atoms. The molecule has 0 aromatic carbocycles. The van der Waals surface area contributed by atoms with E-state index < -0.39 is 0 Å². The van der Waals surface area contributed by atoms with Crippen molar-refractivity contribution in [1.29, 1.82) is 0 Å². The second-order valence-corrected chi connectivity index (χ2v) is 5.18. The van der Waals surface area contributed by atoms with E-state index in [1.807, 2.05) is 18.0 Å². The van der Waals surface area contributed by atoms with Gasteiger partial charge in [-0.15, -0.1) is 0 Å². The third-order valence-corrected chi connectivity index (χ3v) is 3.24. The lowest BCUT2D eigenvalue weighted by molar-refractivity contribution is 0.570. The summed E-state index contributed by atoms with van der Waals surface area (Å²) >= 11 is 5.40. The molecule has 1 aromatic rings. The summed E-state index contributed by atoms with van der Waals surface area (Å²) in [6.45, 7) is 6.52. The molecule has 1 aromatic heterocycles. The van der Waals surface area contributed by atoms with Gasteiger partial charge in [0.15, 0.2) is 0 Å². The Balaban J connectivity index is 2.81. The van der Waals surface area contributed by atoms with E-state index in [1.54, 1.807) is 0 Å². The van der Waals surface area contributed by atoms with Crippen molar-refractivity contribution in [3.63, 3.8) is 0 Å². The molecule has 0 aliphatic rings. The quantitative estimate of drug-likeness (QED) is 0.827. The van der Waals surface area contributed by atoms with Gasteiger partial charge in [0.2, 0.25) is 0 Å². The second kappa shape index (κ2) is 5.05. The van der Waals surface area contributed by atoms with Crippen molar-refractivity contribution in [3.05, 3.63) is 16.6 Å². The van der Waals surface area contributed by atoms with Gasteiger partial charge in [-0.2, -0.15) is 11.8 Å². The molecule has 0 saturated carbocycles. The molecule has 0 bridgehead atoms. The second-order valence-electron chi connectivity index (χ2n) is 3.10. The van der Waals surface area contributed by atoms with Crippen LogP contribution in [0, 0.1) is 0 Å². The Bertz CT molecular complexity index is 271. The Morgan fingerprint density at radius 1 is 1.62 bits per heavy atom. The molecule has 0 aliphatic heterocycles. The summed E-state index contributed by atoms with van der Waals surface area (Å²) in [5.41, 5.74) is 0. The molecule has 0 unspecified atom stereocenters. The van der Waals surface area contributed by atoms with Gasteiger partial charge in [-0.05, 0) is 35.5 Å². The highest BCUT2D eigenvalue weighted by Crippen LogP contribution is 2.21. The fraction of sp³-hybridized carbons (Fsp3) is 0.667. The maximum absolute atomic E-state index is 4.37. The van der Waals surface area contributed by atoms with Crippen LogP contribution in [0.4, 0.5) is 0 Å². The average Bonchev–Trinajstić information content (AvgIpc) is 2.43. The van der Waals surface area contributed by atoms with Crippen LogP contribution >= 0.6 is 27.7 Å². The van der Waals surface area contributed by atoms with Gasteiger partial charge < -0.3 is 4.57 Å². The van der Waals surface area contributed by atoms with Crippen LogP contribution in [0.1, 0.15) is 32.6 Å². The number of aromatic nitrogens is 2. The molecule has 1 heterocycles. The van der Waals surface area contributed by atoms with Gasteiger partial charge in [-0.25, -0.2) is 4.98 Å². The predicted octanol–water partition coefficient (Wildman–Crippen LogP) is 3.48. The van der Waals surface area contributed by atoms with Gasteiger partial charge in [0.25, 0.3) is 0 Å². The van der Waals surface area contributed by atoms with Crippen molar-refractivity contribution >= 4 is 27.7 Å². The molecule has 2 nitrogen and oxygen atoms in total. The third kappa shape index (κ3) is 2.74. The number of imidazole rings is 1.